The number of likely N-dealkylation sites (tertiary alicyclic amines) is 1. The summed E-state index contributed by atoms with van der Waals surface area (Å²) in [6, 6.07) is 12.1. The molecule has 1 amide bonds. The summed E-state index contributed by atoms with van der Waals surface area (Å²) in [4.78, 5) is 15.7. The van der Waals surface area contributed by atoms with Crippen LogP contribution in [0, 0.1) is 22.6 Å². The van der Waals surface area contributed by atoms with Crippen LogP contribution in [0.1, 0.15) is 54.9 Å². The molecule has 1 aliphatic carbocycles. The van der Waals surface area contributed by atoms with Crippen LogP contribution >= 0.6 is 0 Å². The average Bonchev–Trinajstić information content (AvgIpc) is 3.28. The van der Waals surface area contributed by atoms with E-state index in [-0.39, 0.29) is 17.8 Å². The van der Waals surface area contributed by atoms with E-state index in [4.69, 9.17) is 4.74 Å². The molecule has 2 aliphatic heterocycles. The van der Waals surface area contributed by atoms with Crippen molar-refractivity contribution in [1.29, 1.82) is 5.26 Å². The van der Waals surface area contributed by atoms with Gasteiger partial charge in [-0.1, -0.05) is 30.3 Å². The van der Waals surface area contributed by atoms with E-state index in [1.54, 1.807) is 23.1 Å². The molecule has 1 unspecified atom stereocenters. The molecule has 2 aromatic carbocycles. The van der Waals surface area contributed by atoms with Crippen molar-refractivity contribution in [2.45, 2.75) is 68.8 Å². The maximum absolute atomic E-state index is 14.8. The molecule has 0 spiro atoms. The summed E-state index contributed by atoms with van der Waals surface area (Å²) in [5, 5.41) is 10.0. The zero-order valence-electron chi connectivity index (χ0n) is 21.1. The molecule has 5 rings (SSSR count). The molecule has 3 aliphatic rings. The number of hydrogen-bond donors (Lipinski definition) is 0. The summed E-state index contributed by atoms with van der Waals surface area (Å²) in [6.45, 7) is 1.57. The van der Waals surface area contributed by atoms with Gasteiger partial charge in [0.25, 0.3) is 0 Å². The highest BCUT2D eigenvalue weighted by Gasteiger charge is 2.57. The molecule has 0 aromatic heterocycles. The van der Waals surface area contributed by atoms with E-state index >= 15 is 0 Å². The lowest BCUT2D eigenvalue weighted by Gasteiger charge is -2.45. The van der Waals surface area contributed by atoms with Gasteiger partial charge in [0, 0.05) is 31.2 Å². The first-order valence-electron chi connectivity index (χ1n) is 12.9. The first kappa shape index (κ1) is 26.6. The number of ether oxygens (including phenoxy) is 1. The van der Waals surface area contributed by atoms with E-state index in [1.807, 2.05) is 0 Å². The Morgan fingerprint density at radius 3 is 2.42 bits per heavy atom. The lowest BCUT2D eigenvalue weighted by molar-refractivity contribution is -0.228. The lowest BCUT2D eigenvalue weighted by atomic mass is 9.63. The van der Waals surface area contributed by atoms with Crippen molar-refractivity contribution in [3.63, 3.8) is 0 Å². The molecule has 2 aromatic rings. The third kappa shape index (κ3) is 4.17. The first-order valence-corrected chi connectivity index (χ1v) is 12.9. The van der Waals surface area contributed by atoms with Crippen molar-refractivity contribution in [2.24, 2.45) is 5.41 Å². The van der Waals surface area contributed by atoms with Crippen LogP contribution in [0.4, 0.5) is 22.0 Å². The van der Waals surface area contributed by atoms with Crippen LogP contribution in [0.15, 0.2) is 42.5 Å². The molecule has 0 saturated carbocycles. The predicted octanol–water partition coefficient (Wildman–Crippen LogP) is 5.92. The summed E-state index contributed by atoms with van der Waals surface area (Å²) in [5.41, 5.74) is -3.53. The highest BCUT2D eigenvalue weighted by atomic mass is 19.4. The molecule has 0 radical (unpaired) electrons. The summed E-state index contributed by atoms with van der Waals surface area (Å²) < 4.78 is 74.3. The van der Waals surface area contributed by atoms with Crippen molar-refractivity contribution in [3.05, 3.63) is 70.5 Å². The summed E-state index contributed by atoms with van der Waals surface area (Å²) in [5.74, 6) is -0.618. The molecule has 9 heteroatoms. The number of carbonyl (C=O) groups is 1. The van der Waals surface area contributed by atoms with E-state index in [0.717, 1.165) is 11.1 Å². The van der Waals surface area contributed by atoms with Crippen LogP contribution in [0.25, 0.3) is 0 Å². The molecule has 2 fully saturated rings. The van der Waals surface area contributed by atoms with Gasteiger partial charge < -0.3 is 9.64 Å². The van der Waals surface area contributed by atoms with E-state index in [2.05, 4.69) is 6.07 Å². The molecule has 2 heterocycles. The highest BCUT2D eigenvalue weighted by molar-refractivity contribution is 5.86. The van der Waals surface area contributed by atoms with Gasteiger partial charge in [-0.25, -0.2) is 8.78 Å². The molecule has 0 N–H and O–H groups in total. The average molecular weight is 533 g/mol. The fraction of sp³-hybridized carbons (Fsp3) is 0.517. The van der Waals surface area contributed by atoms with Gasteiger partial charge in [-0.2, -0.15) is 18.4 Å². The molecule has 0 bridgehead atoms. The number of nitriles is 1. The number of halogens is 5. The Balaban J connectivity index is 1.58. The number of carbonyl (C=O) groups excluding carboxylic acids is 1. The smallest absolute Gasteiger partial charge is 0.381 e. The highest BCUT2D eigenvalue weighted by Crippen LogP contribution is 2.52. The Kier molecular flexibility index (Phi) is 6.54. The lowest BCUT2D eigenvalue weighted by Crippen LogP contribution is -2.53. The van der Waals surface area contributed by atoms with E-state index < -0.39 is 28.2 Å². The monoisotopic (exact) mass is 532 g/mol. The minimum atomic E-state index is -5.06. The Bertz CT molecular complexity index is 1260. The molecular formula is C29H29F5N2O2. The Morgan fingerprint density at radius 2 is 1.79 bits per heavy atom. The molecule has 2 saturated heterocycles. The number of benzene rings is 2. The van der Waals surface area contributed by atoms with Gasteiger partial charge >= 0.3 is 6.18 Å². The number of rotatable bonds is 4. The van der Waals surface area contributed by atoms with Crippen molar-refractivity contribution in [2.75, 3.05) is 19.8 Å². The van der Waals surface area contributed by atoms with Gasteiger partial charge in [-0.15, -0.1) is 0 Å². The van der Waals surface area contributed by atoms with Gasteiger partial charge in [0.2, 0.25) is 11.6 Å². The normalized spacial score (nSPS) is 26.1. The van der Waals surface area contributed by atoms with E-state index in [0.29, 0.717) is 70.8 Å². The fourth-order valence-corrected chi connectivity index (χ4v) is 6.60. The van der Waals surface area contributed by atoms with Crippen LogP contribution in [0.2, 0.25) is 0 Å². The van der Waals surface area contributed by atoms with Crippen LogP contribution in [0.5, 0.6) is 0 Å². The van der Waals surface area contributed by atoms with Crippen LogP contribution in [-0.4, -0.2) is 42.8 Å². The SMILES string of the molecule is CC(F)(c1ccc2c(c1)CC[C@H]1N(C(=O)C3(C#N)CCOCC3)CC[C@@]21Cc1ccc(F)cc1)C(F)(F)F. The van der Waals surface area contributed by atoms with Gasteiger partial charge in [0.1, 0.15) is 11.2 Å². The van der Waals surface area contributed by atoms with Crippen molar-refractivity contribution in [3.8, 4) is 6.07 Å². The molecule has 3 atom stereocenters. The topological polar surface area (TPSA) is 53.3 Å². The molecule has 202 valence electrons. The van der Waals surface area contributed by atoms with Gasteiger partial charge in [-0.3, -0.25) is 4.79 Å². The second kappa shape index (κ2) is 9.33. The van der Waals surface area contributed by atoms with Gasteiger partial charge in [-0.05, 0) is 79.8 Å². The maximum atomic E-state index is 14.8. The summed E-state index contributed by atoms with van der Waals surface area (Å²) in [7, 11) is 0. The summed E-state index contributed by atoms with van der Waals surface area (Å²) >= 11 is 0. The quantitative estimate of drug-likeness (QED) is 0.460. The molecule has 38 heavy (non-hydrogen) atoms. The number of alkyl halides is 4. The van der Waals surface area contributed by atoms with E-state index in [9.17, 15) is 32.0 Å². The summed E-state index contributed by atoms with van der Waals surface area (Å²) in [6.07, 6.45) is -2.64. The standard InChI is InChI=1S/C29H29F5N2O2/c1-26(31,29(32,33)34)21-5-8-23-20(16-21)4-9-24-28(23,17-19-2-6-22(30)7-3-19)10-13-36(24)25(37)27(18-35)11-14-38-15-12-27/h2-3,5-8,16,24H,4,9-15,17H2,1H3/t24-,26?,28-/m1/s1. The van der Waals surface area contributed by atoms with Crippen molar-refractivity contribution in [1.82, 2.24) is 4.90 Å². The second-order valence-corrected chi connectivity index (χ2v) is 10.9. The number of hydrogen-bond acceptors (Lipinski definition) is 3. The number of aryl methyl sites for hydroxylation is 1. The third-order valence-corrected chi connectivity index (χ3v) is 8.88. The Hall–Kier alpha value is -2.99. The predicted molar refractivity (Wildman–Crippen MR) is 129 cm³/mol. The number of nitrogens with zero attached hydrogens (tertiary/aromatic N) is 2. The Morgan fingerprint density at radius 1 is 1.11 bits per heavy atom. The van der Waals surface area contributed by atoms with Crippen molar-refractivity contribution >= 4 is 5.91 Å². The maximum Gasteiger partial charge on any atom is 0.426 e. The van der Waals surface area contributed by atoms with Crippen LogP contribution in [-0.2, 0) is 33.5 Å². The minimum absolute atomic E-state index is 0.234. The zero-order chi connectivity index (χ0) is 27.3. The zero-order valence-corrected chi connectivity index (χ0v) is 21.1. The van der Waals surface area contributed by atoms with Crippen LogP contribution in [0.3, 0.4) is 0 Å². The molecule has 4 nitrogen and oxygen atoms in total. The molecular weight excluding hydrogens is 503 g/mol. The number of fused-ring (bicyclic) bond motifs is 3. The van der Waals surface area contributed by atoms with Crippen LogP contribution < -0.4 is 0 Å². The van der Waals surface area contributed by atoms with Gasteiger partial charge in [0.15, 0.2) is 0 Å². The second-order valence-electron chi connectivity index (χ2n) is 10.9. The Labute approximate surface area is 218 Å². The first-order chi connectivity index (χ1) is 17.9. The van der Waals surface area contributed by atoms with Crippen molar-refractivity contribution < 1.29 is 31.5 Å². The minimum Gasteiger partial charge on any atom is -0.381 e. The fourth-order valence-electron chi connectivity index (χ4n) is 6.60. The van der Waals surface area contributed by atoms with Gasteiger partial charge in [0.05, 0.1) is 6.07 Å². The number of amides is 1. The van der Waals surface area contributed by atoms with E-state index in [1.165, 1.54) is 24.3 Å². The largest absolute Gasteiger partial charge is 0.426 e. The third-order valence-electron chi connectivity index (χ3n) is 8.88.